The molecular formula is C19H26N2O5. The molecule has 0 aliphatic carbocycles. The van der Waals surface area contributed by atoms with Crippen molar-refractivity contribution in [2.45, 2.75) is 39.7 Å². The molecule has 2 amide bonds. The van der Waals surface area contributed by atoms with Gasteiger partial charge >= 0.3 is 5.97 Å². The van der Waals surface area contributed by atoms with Gasteiger partial charge in [0.15, 0.2) is 0 Å². The van der Waals surface area contributed by atoms with Crippen LogP contribution in [-0.2, 0) is 14.4 Å². The topological polar surface area (TPSA) is 87.2 Å². The zero-order valence-corrected chi connectivity index (χ0v) is 15.5. The average Bonchev–Trinajstić information content (AvgIpc) is 2.97. The maximum absolute atomic E-state index is 12.9. The van der Waals surface area contributed by atoms with E-state index in [1.165, 1.54) is 0 Å². The summed E-state index contributed by atoms with van der Waals surface area (Å²) < 4.78 is 5.59. The Morgan fingerprint density at radius 3 is 2.65 bits per heavy atom. The van der Waals surface area contributed by atoms with E-state index in [0.717, 1.165) is 0 Å². The van der Waals surface area contributed by atoms with Crippen molar-refractivity contribution >= 4 is 23.5 Å². The molecule has 1 saturated heterocycles. The number of hydrogen-bond acceptors (Lipinski definition) is 4. The van der Waals surface area contributed by atoms with Crippen molar-refractivity contribution in [2.75, 3.05) is 24.6 Å². The van der Waals surface area contributed by atoms with E-state index >= 15 is 0 Å². The molecule has 1 aliphatic heterocycles. The zero-order chi connectivity index (χ0) is 19.3. The molecule has 1 aromatic rings. The molecule has 1 unspecified atom stereocenters. The minimum absolute atomic E-state index is 0.110. The molecule has 0 radical (unpaired) electrons. The van der Waals surface area contributed by atoms with Gasteiger partial charge in [-0.3, -0.25) is 14.4 Å². The third kappa shape index (κ3) is 4.53. The Labute approximate surface area is 153 Å². The number of benzene rings is 1. The summed E-state index contributed by atoms with van der Waals surface area (Å²) in [6, 6.07) is 7.15. The summed E-state index contributed by atoms with van der Waals surface area (Å²) in [5, 5.41) is 8.89. The van der Waals surface area contributed by atoms with E-state index in [-0.39, 0.29) is 43.8 Å². The molecule has 1 N–H and O–H groups in total. The van der Waals surface area contributed by atoms with E-state index in [9.17, 15) is 14.4 Å². The molecule has 0 spiro atoms. The number of anilines is 1. The predicted molar refractivity (Wildman–Crippen MR) is 97.2 cm³/mol. The van der Waals surface area contributed by atoms with Crippen LogP contribution in [0.15, 0.2) is 24.3 Å². The van der Waals surface area contributed by atoms with Crippen molar-refractivity contribution in [1.29, 1.82) is 0 Å². The lowest BCUT2D eigenvalue weighted by Crippen LogP contribution is -2.43. The molecule has 0 aromatic heterocycles. The summed E-state index contributed by atoms with van der Waals surface area (Å²) in [7, 11) is 0. The lowest BCUT2D eigenvalue weighted by atomic mass is 10.1. The molecule has 1 heterocycles. The van der Waals surface area contributed by atoms with E-state index in [1.54, 1.807) is 21.9 Å². The number of carboxylic acids is 1. The highest BCUT2D eigenvalue weighted by Crippen LogP contribution is 2.33. The first kappa shape index (κ1) is 19.8. The molecule has 142 valence electrons. The highest BCUT2D eigenvalue weighted by atomic mass is 16.5. The van der Waals surface area contributed by atoms with Crippen LogP contribution in [0.4, 0.5) is 5.69 Å². The lowest BCUT2D eigenvalue weighted by molar-refractivity contribution is -0.141. The number of hydrogen-bond donors (Lipinski definition) is 1. The summed E-state index contributed by atoms with van der Waals surface area (Å²) in [5.74, 6) is -1.11. The molecule has 26 heavy (non-hydrogen) atoms. The number of aliphatic carboxylic acids is 1. The zero-order valence-electron chi connectivity index (χ0n) is 15.5. The number of carboxylic acid groups (broad SMARTS) is 1. The van der Waals surface area contributed by atoms with E-state index in [0.29, 0.717) is 18.0 Å². The first-order chi connectivity index (χ1) is 12.3. The molecule has 1 fully saturated rings. The van der Waals surface area contributed by atoms with Gasteiger partial charge in [0.2, 0.25) is 11.8 Å². The highest BCUT2D eigenvalue weighted by molar-refractivity contribution is 6.01. The van der Waals surface area contributed by atoms with E-state index in [1.807, 2.05) is 32.9 Å². The van der Waals surface area contributed by atoms with Crippen LogP contribution >= 0.6 is 0 Å². The standard InChI is InChI=1S/C19H26N2O5/c1-4-26-16-8-6-5-7-15(16)21-12-14(11-17(21)22)19(25)20(13(2)3)10-9-18(23)24/h5-8,13-14H,4,9-12H2,1-3H3,(H,23,24). The number of nitrogens with zero attached hydrogens (tertiary/aromatic N) is 2. The minimum Gasteiger partial charge on any atom is -0.492 e. The first-order valence-corrected chi connectivity index (χ1v) is 8.89. The molecule has 1 aromatic carbocycles. The van der Waals surface area contributed by atoms with Crippen molar-refractivity contribution in [3.05, 3.63) is 24.3 Å². The van der Waals surface area contributed by atoms with E-state index in [4.69, 9.17) is 9.84 Å². The van der Waals surface area contributed by atoms with Gasteiger partial charge in [0.05, 0.1) is 24.6 Å². The molecule has 2 rings (SSSR count). The number of para-hydroxylation sites is 2. The van der Waals surface area contributed by atoms with Gasteiger partial charge in [0, 0.05) is 25.6 Å². The van der Waals surface area contributed by atoms with Gasteiger partial charge in [-0.2, -0.15) is 0 Å². The third-order valence-corrected chi connectivity index (χ3v) is 4.40. The smallest absolute Gasteiger partial charge is 0.305 e. The Hall–Kier alpha value is -2.57. The van der Waals surface area contributed by atoms with Gasteiger partial charge in [-0.25, -0.2) is 0 Å². The summed E-state index contributed by atoms with van der Waals surface area (Å²) in [4.78, 5) is 39.3. The maximum Gasteiger partial charge on any atom is 0.305 e. The normalized spacial score (nSPS) is 16.8. The third-order valence-electron chi connectivity index (χ3n) is 4.40. The van der Waals surface area contributed by atoms with Crippen LogP contribution in [0.5, 0.6) is 5.75 Å². The van der Waals surface area contributed by atoms with Gasteiger partial charge in [0.25, 0.3) is 0 Å². The Kier molecular flexibility index (Phi) is 6.60. The second-order valence-corrected chi connectivity index (χ2v) is 6.58. The Morgan fingerprint density at radius 2 is 2.04 bits per heavy atom. The van der Waals surface area contributed by atoms with Crippen molar-refractivity contribution in [3.63, 3.8) is 0 Å². The van der Waals surface area contributed by atoms with Gasteiger partial charge in [-0.05, 0) is 32.9 Å². The molecule has 0 bridgehead atoms. The Morgan fingerprint density at radius 1 is 1.35 bits per heavy atom. The minimum atomic E-state index is -0.946. The fourth-order valence-electron chi connectivity index (χ4n) is 3.14. The predicted octanol–water partition coefficient (Wildman–Crippen LogP) is 2.15. The van der Waals surface area contributed by atoms with Crippen LogP contribution in [0, 0.1) is 5.92 Å². The molecule has 7 nitrogen and oxygen atoms in total. The molecule has 1 atom stereocenters. The molecule has 0 saturated carbocycles. The average molecular weight is 362 g/mol. The quantitative estimate of drug-likeness (QED) is 0.766. The largest absolute Gasteiger partial charge is 0.492 e. The molecular weight excluding hydrogens is 336 g/mol. The van der Waals surface area contributed by atoms with Crippen LogP contribution < -0.4 is 9.64 Å². The van der Waals surface area contributed by atoms with Crippen molar-refractivity contribution in [1.82, 2.24) is 4.90 Å². The SMILES string of the molecule is CCOc1ccccc1N1CC(C(=O)N(CCC(=O)O)C(C)C)CC1=O. The summed E-state index contributed by atoms with van der Waals surface area (Å²) >= 11 is 0. The van der Waals surface area contributed by atoms with Crippen molar-refractivity contribution < 1.29 is 24.2 Å². The van der Waals surface area contributed by atoms with Gasteiger partial charge in [-0.1, -0.05) is 12.1 Å². The van der Waals surface area contributed by atoms with Gasteiger partial charge in [0.1, 0.15) is 5.75 Å². The van der Waals surface area contributed by atoms with Crippen LogP contribution in [0.25, 0.3) is 0 Å². The fourth-order valence-corrected chi connectivity index (χ4v) is 3.14. The van der Waals surface area contributed by atoms with E-state index in [2.05, 4.69) is 0 Å². The summed E-state index contributed by atoms with van der Waals surface area (Å²) in [6.07, 6.45) is 0.0110. The number of carbonyl (C=O) groups is 3. The second-order valence-electron chi connectivity index (χ2n) is 6.58. The van der Waals surface area contributed by atoms with Crippen molar-refractivity contribution in [3.8, 4) is 5.75 Å². The van der Waals surface area contributed by atoms with Gasteiger partial charge < -0.3 is 19.6 Å². The van der Waals surface area contributed by atoms with E-state index < -0.39 is 11.9 Å². The van der Waals surface area contributed by atoms with Gasteiger partial charge in [-0.15, -0.1) is 0 Å². The van der Waals surface area contributed by atoms with Crippen LogP contribution in [0.2, 0.25) is 0 Å². The van der Waals surface area contributed by atoms with Crippen molar-refractivity contribution in [2.24, 2.45) is 5.92 Å². The summed E-state index contributed by atoms with van der Waals surface area (Å²) in [5.41, 5.74) is 0.663. The number of rotatable bonds is 8. The monoisotopic (exact) mass is 362 g/mol. The molecule has 1 aliphatic rings. The number of ether oxygens (including phenoxy) is 1. The van der Waals surface area contributed by atoms with Crippen LogP contribution in [-0.4, -0.2) is 53.5 Å². The Bertz CT molecular complexity index is 674. The van der Waals surface area contributed by atoms with Crippen LogP contribution in [0.1, 0.15) is 33.6 Å². The van der Waals surface area contributed by atoms with Crippen LogP contribution in [0.3, 0.4) is 0 Å². The summed E-state index contributed by atoms with van der Waals surface area (Å²) in [6.45, 7) is 6.47. The number of carbonyl (C=O) groups excluding carboxylic acids is 2. The maximum atomic E-state index is 12.9. The first-order valence-electron chi connectivity index (χ1n) is 8.89. The Balaban J connectivity index is 2.15. The molecule has 7 heteroatoms. The highest BCUT2D eigenvalue weighted by Gasteiger charge is 2.38. The second kappa shape index (κ2) is 8.69. The fraction of sp³-hybridized carbons (Fsp3) is 0.526. The lowest BCUT2D eigenvalue weighted by Gasteiger charge is -2.29. The number of amides is 2.